The van der Waals surface area contributed by atoms with E-state index in [4.69, 9.17) is 0 Å². The van der Waals surface area contributed by atoms with E-state index in [2.05, 4.69) is 19.2 Å². The van der Waals surface area contributed by atoms with Crippen LogP contribution < -0.4 is 5.32 Å². The molecule has 158 valence electrons. The third kappa shape index (κ3) is 2.54. The van der Waals surface area contributed by atoms with Gasteiger partial charge in [-0.25, -0.2) is 0 Å². The Balaban J connectivity index is 1.29. The molecule has 6 rings (SSSR count). The Bertz CT molecular complexity index is 786. The summed E-state index contributed by atoms with van der Waals surface area (Å²) < 4.78 is 0. The number of rotatable bonds is 2. The largest absolute Gasteiger partial charge is 0.387 e. The Morgan fingerprint density at radius 3 is 2.69 bits per heavy atom. The molecular weight excluding hydrogens is 358 g/mol. The molecule has 0 aromatic carbocycles. The lowest BCUT2D eigenvalue weighted by Crippen LogP contribution is -2.57. The Labute approximate surface area is 175 Å². The minimum atomic E-state index is -0.370. The Hall–Kier alpha value is -1.12. The normalized spacial score (nSPS) is 53.0. The summed E-state index contributed by atoms with van der Waals surface area (Å²) in [5.74, 6) is 3.71. The van der Waals surface area contributed by atoms with E-state index in [-0.39, 0.29) is 23.0 Å². The van der Waals surface area contributed by atoms with Gasteiger partial charge in [0, 0.05) is 29.7 Å². The van der Waals surface area contributed by atoms with Crippen LogP contribution in [0.25, 0.3) is 0 Å². The van der Waals surface area contributed by atoms with Crippen LogP contribution in [0, 0.1) is 52.3 Å². The molecule has 0 spiro atoms. The van der Waals surface area contributed by atoms with Crippen molar-refractivity contribution in [2.75, 3.05) is 6.54 Å². The van der Waals surface area contributed by atoms with E-state index in [1.807, 2.05) is 6.08 Å². The van der Waals surface area contributed by atoms with Crippen molar-refractivity contribution >= 4 is 11.6 Å². The van der Waals surface area contributed by atoms with E-state index in [9.17, 15) is 9.59 Å². The second-order valence-corrected chi connectivity index (χ2v) is 12.2. The summed E-state index contributed by atoms with van der Waals surface area (Å²) in [5.41, 5.74) is 1.67. The number of nitrogens with one attached hydrogen (secondary N) is 1. The van der Waals surface area contributed by atoms with Gasteiger partial charge in [-0.3, -0.25) is 9.59 Å². The highest BCUT2D eigenvalue weighted by atomic mass is 16.2. The van der Waals surface area contributed by atoms with Gasteiger partial charge >= 0.3 is 0 Å². The minimum absolute atomic E-state index is 0.0152. The van der Waals surface area contributed by atoms with Gasteiger partial charge in [0.05, 0.1) is 5.92 Å². The van der Waals surface area contributed by atoms with E-state index >= 15 is 0 Å². The third-order valence-electron chi connectivity index (χ3n) is 10.9. The minimum Gasteiger partial charge on any atom is -0.387 e. The number of fused-ring (bicyclic) bond motifs is 7. The van der Waals surface area contributed by atoms with Crippen molar-refractivity contribution in [3.63, 3.8) is 0 Å². The summed E-state index contributed by atoms with van der Waals surface area (Å²) in [4.78, 5) is 26.6. The van der Waals surface area contributed by atoms with Crippen molar-refractivity contribution in [3.05, 3.63) is 11.8 Å². The first-order valence-corrected chi connectivity index (χ1v) is 12.4. The lowest BCUT2D eigenvalue weighted by molar-refractivity contribution is -0.138. The number of piperidine rings is 1. The average molecular weight is 396 g/mol. The number of ketones is 2. The van der Waals surface area contributed by atoms with Crippen molar-refractivity contribution in [1.82, 2.24) is 5.32 Å². The molecule has 1 N–H and O–H groups in total. The van der Waals surface area contributed by atoms with Gasteiger partial charge in [-0.15, -0.1) is 0 Å². The van der Waals surface area contributed by atoms with Gasteiger partial charge < -0.3 is 5.32 Å². The maximum absolute atomic E-state index is 13.5. The topological polar surface area (TPSA) is 46.2 Å². The molecule has 2 bridgehead atoms. The summed E-state index contributed by atoms with van der Waals surface area (Å²) in [5, 5.41) is 3.71. The van der Waals surface area contributed by atoms with E-state index in [1.165, 1.54) is 51.4 Å². The lowest BCUT2D eigenvalue weighted by Gasteiger charge is -2.58. The molecule has 29 heavy (non-hydrogen) atoms. The second-order valence-electron chi connectivity index (χ2n) is 12.2. The second kappa shape index (κ2) is 6.20. The number of carbonyl (C=O) groups excluding carboxylic acids is 2. The molecule has 0 amide bonds. The average Bonchev–Trinajstić information content (AvgIpc) is 3.42. The summed E-state index contributed by atoms with van der Waals surface area (Å²) in [7, 11) is 0. The van der Waals surface area contributed by atoms with Crippen LogP contribution in [-0.2, 0) is 9.59 Å². The molecule has 0 radical (unpaired) electrons. The fourth-order valence-electron chi connectivity index (χ4n) is 9.32. The summed E-state index contributed by atoms with van der Waals surface area (Å²) >= 11 is 0. The fourth-order valence-corrected chi connectivity index (χ4v) is 9.32. The Morgan fingerprint density at radius 2 is 1.93 bits per heavy atom. The smallest absolute Gasteiger partial charge is 0.167 e. The quantitative estimate of drug-likeness (QED) is 0.676. The zero-order valence-corrected chi connectivity index (χ0v) is 18.2. The summed E-state index contributed by atoms with van der Waals surface area (Å²) in [6.07, 6.45) is 14.2. The van der Waals surface area contributed by atoms with Gasteiger partial charge in [0.15, 0.2) is 5.78 Å². The summed E-state index contributed by atoms with van der Waals surface area (Å²) in [6.45, 7) is 5.94. The van der Waals surface area contributed by atoms with Gasteiger partial charge in [0.25, 0.3) is 0 Å². The number of allylic oxidation sites excluding steroid dienone is 2. The van der Waals surface area contributed by atoms with Crippen LogP contribution in [0.3, 0.4) is 0 Å². The number of hydrogen-bond donors (Lipinski definition) is 1. The number of hydrogen-bond acceptors (Lipinski definition) is 3. The highest BCUT2D eigenvalue weighted by Crippen LogP contribution is 2.63. The molecule has 3 nitrogen and oxygen atoms in total. The number of Topliss-reactive ketones (excluding diaryl/α,β-unsaturated/α-hetero) is 1. The van der Waals surface area contributed by atoms with E-state index < -0.39 is 0 Å². The van der Waals surface area contributed by atoms with Gasteiger partial charge in [0.2, 0.25) is 0 Å². The highest BCUT2D eigenvalue weighted by molar-refractivity contribution is 6.09. The van der Waals surface area contributed by atoms with Crippen LogP contribution in [-0.4, -0.2) is 18.1 Å². The first-order valence-electron chi connectivity index (χ1n) is 12.4. The zero-order valence-electron chi connectivity index (χ0n) is 18.2. The zero-order chi connectivity index (χ0) is 20.0. The Morgan fingerprint density at radius 1 is 1.07 bits per heavy atom. The predicted octanol–water partition coefficient (Wildman–Crippen LogP) is 4.91. The van der Waals surface area contributed by atoms with Crippen molar-refractivity contribution < 1.29 is 9.59 Å². The number of carbonyl (C=O) groups is 2. The van der Waals surface area contributed by atoms with Crippen LogP contribution in [0.4, 0.5) is 0 Å². The van der Waals surface area contributed by atoms with Crippen LogP contribution >= 0.6 is 0 Å². The maximum Gasteiger partial charge on any atom is 0.167 e. The van der Waals surface area contributed by atoms with E-state index in [0.717, 1.165) is 36.9 Å². The van der Waals surface area contributed by atoms with Crippen molar-refractivity contribution in [1.29, 1.82) is 0 Å². The van der Waals surface area contributed by atoms with Gasteiger partial charge in [-0.05, 0) is 86.4 Å². The van der Waals surface area contributed by atoms with Crippen LogP contribution in [0.2, 0.25) is 0 Å². The van der Waals surface area contributed by atoms with E-state index in [1.54, 1.807) is 0 Å². The van der Waals surface area contributed by atoms with Gasteiger partial charge in [-0.1, -0.05) is 26.7 Å². The van der Waals surface area contributed by atoms with E-state index in [0.29, 0.717) is 29.0 Å². The molecule has 6 aliphatic rings. The fraction of sp³-hybridized carbons (Fsp3) is 0.846. The Kier molecular flexibility index (Phi) is 3.98. The maximum atomic E-state index is 13.5. The molecular formula is C26H37NO2. The third-order valence-corrected chi connectivity index (χ3v) is 10.9. The standard InChI is InChI=1S/C26H37NO2/c1-25-8-3-4-20(25)19-14-27-23-12-22(28)18(13-26(23,2)21(19)7-9-25)24(29)17-11-15-5-6-16(17)10-15/h12,15-21,27H,3-11,13-14H2,1-2H3/t15?,16?,17?,18?,19-,20-,21-,25-,26+/m0/s1. The van der Waals surface area contributed by atoms with Crippen molar-refractivity contribution in [2.24, 2.45) is 52.3 Å². The molecule has 9 atom stereocenters. The molecule has 4 unspecified atom stereocenters. The molecule has 1 saturated heterocycles. The molecule has 4 saturated carbocycles. The van der Waals surface area contributed by atoms with Crippen molar-refractivity contribution in [2.45, 2.75) is 78.1 Å². The monoisotopic (exact) mass is 395 g/mol. The molecule has 0 aromatic rings. The van der Waals surface area contributed by atoms with Crippen molar-refractivity contribution in [3.8, 4) is 0 Å². The molecule has 5 fully saturated rings. The molecule has 0 aromatic heterocycles. The van der Waals surface area contributed by atoms with Gasteiger partial charge in [-0.2, -0.15) is 0 Å². The molecule has 5 aliphatic carbocycles. The van der Waals surface area contributed by atoms with Crippen LogP contribution in [0.15, 0.2) is 11.8 Å². The van der Waals surface area contributed by atoms with Crippen LogP contribution in [0.5, 0.6) is 0 Å². The lowest BCUT2D eigenvalue weighted by atomic mass is 9.50. The predicted molar refractivity (Wildman–Crippen MR) is 113 cm³/mol. The van der Waals surface area contributed by atoms with Crippen LogP contribution in [0.1, 0.15) is 78.1 Å². The summed E-state index contributed by atoms with van der Waals surface area (Å²) in [6, 6.07) is 0. The molecule has 1 aliphatic heterocycles. The molecule has 3 heteroatoms. The first kappa shape index (κ1) is 18.6. The highest BCUT2D eigenvalue weighted by Gasteiger charge is 2.58. The molecule has 1 heterocycles. The first-order chi connectivity index (χ1) is 13.9. The van der Waals surface area contributed by atoms with Gasteiger partial charge in [0.1, 0.15) is 5.78 Å². The SMILES string of the molecule is C[C@@]12CCC[C@H]1[C@@H]1CNC3=CC(=O)C(C(=O)C4CC5CCC4C5)C[C@]3(C)[C@H]1CC2.